The van der Waals surface area contributed by atoms with Crippen molar-refractivity contribution in [1.82, 2.24) is 9.97 Å². The van der Waals surface area contributed by atoms with Crippen LogP contribution >= 0.6 is 0 Å². The first kappa shape index (κ1) is 11.9. The highest BCUT2D eigenvalue weighted by molar-refractivity contribution is 5.44. The van der Waals surface area contributed by atoms with Crippen LogP contribution in [-0.4, -0.2) is 9.97 Å². The third-order valence-corrected chi connectivity index (χ3v) is 4.56. The summed E-state index contributed by atoms with van der Waals surface area (Å²) in [6, 6.07) is 0. The molecule has 0 spiro atoms. The van der Waals surface area contributed by atoms with Gasteiger partial charge in [-0.25, -0.2) is 9.97 Å². The minimum Gasteiger partial charge on any atom is -0.396 e. The average Bonchev–Trinajstić information content (AvgIpc) is 3.24. The van der Waals surface area contributed by atoms with Crippen molar-refractivity contribution in [3.05, 3.63) is 17.7 Å². The maximum atomic E-state index is 5.99. The van der Waals surface area contributed by atoms with Crippen molar-refractivity contribution in [2.24, 2.45) is 5.92 Å². The molecule has 2 unspecified atom stereocenters. The van der Waals surface area contributed by atoms with Gasteiger partial charge in [-0.05, 0) is 31.6 Å². The van der Waals surface area contributed by atoms with E-state index in [-0.39, 0.29) is 0 Å². The average molecular weight is 245 g/mol. The Morgan fingerprint density at radius 1 is 1.22 bits per heavy atom. The molecule has 2 saturated carbocycles. The zero-order valence-corrected chi connectivity index (χ0v) is 11.2. The summed E-state index contributed by atoms with van der Waals surface area (Å²) in [5, 5.41) is 0. The highest BCUT2D eigenvalue weighted by atomic mass is 14.9. The van der Waals surface area contributed by atoms with E-state index in [0.717, 1.165) is 23.1 Å². The van der Waals surface area contributed by atoms with Gasteiger partial charge in [0.2, 0.25) is 0 Å². The van der Waals surface area contributed by atoms with Crippen LogP contribution in [0.4, 0.5) is 5.69 Å². The summed E-state index contributed by atoms with van der Waals surface area (Å²) in [5.41, 5.74) is 7.91. The topological polar surface area (TPSA) is 51.8 Å². The lowest BCUT2D eigenvalue weighted by molar-refractivity contribution is 0.307. The van der Waals surface area contributed by atoms with Crippen LogP contribution in [-0.2, 0) is 0 Å². The van der Waals surface area contributed by atoms with Crippen LogP contribution < -0.4 is 5.73 Å². The lowest BCUT2D eigenvalue weighted by atomic mass is 9.80. The summed E-state index contributed by atoms with van der Waals surface area (Å²) >= 11 is 0. The van der Waals surface area contributed by atoms with Gasteiger partial charge in [0.15, 0.2) is 0 Å². The second kappa shape index (κ2) is 4.87. The second-order valence-corrected chi connectivity index (χ2v) is 5.98. The predicted octanol–water partition coefficient (Wildman–Crippen LogP) is 3.62. The van der Waals surface area contributed by atoms with Crippen molar-refractivity contribution >= 4 is 5.69 Å². The number of nitrogens with zero attached hydrogens (tertiary/aromatic N) is 2. The van der Waals surface area contributed by atoms with Crippen LogP contribution in [0.15, 0.2) is 6.20 Å². The summed E-state index contributed by atoms with van der Waals surface area (Å²) in [4.78, 5) is 9.30. The molecular formula is C15H23N3. The Morgan fingerprint density at radius 2 is 2.06 bits per heavy atom. The van der Waals surface area contributed by atoms with Crippen LogP contribution in [0.2, 0.25) is 0 Å². The summed E-state index contributed by atoms with van der Waals surface area (Å²) in [7, 11) is 0. The third-order valence-electron chi connectivity index (χ3n) is 4.56. The first-order chi connectivity index (χ1) is 8.78. The molecule has 3 heteroatoms. The zero-order chi connectivity index (χ0) is 12.5. The molecule has 2 N–H and O–H groups in total. The Kier molecular flexibility index (Phi) is 3.23. The number of aromatic nitrogens is 2. The predicted molar refractivity (Wildman–Crippen MR) is 73.4 cm³/mol. The van der Waals surface area contributed by atoms with Gasteiger partial charge in [-0.1, -0.05) is 26.2 Å². The van der Waals surface area contributed by atoms with Gasteiger partial charge in [0.25, 0.3) is 0 Å². The first-order valence-electron chi connectivity index (χ1n) is 7.40. The Balaban J connectivity index is 1.80. The van der Waals surface area contributed by atoms with E-state index in [1.807, 2.05) is 6.20 Å². The van der Waals surface area contributed by atoms with Gasteiger partial charge in [0, 0.05) is 11.8 Å². The number of nitrogen functional groups attached to an aromatic ring is 1. The summed E-state index contributed by atoms with van der Waals surface area (Å²) in [5.74, 6) is 3.12. The lowest BCUT2D eigenvalue weighted by Crippen LogP contribution is -2.16. The van der Waals surface area contributed by atoms with Gasteiger partial charge >= 0.3 is 0 Å². The monoisotopic (exact) mass is 245 g/mol. The Labute approximate surface area is 109 Å². The zero-order valence-electron chi connectivity index (χ0n) is 11.2. The molecule has 0 radical (unpaired) electrons. The summed E-state index contributed by atoms with van der Waals surface area (Å²) in [6.07, 6.45) is 10.9. The van der Waals surface area contributed by atoms with E-state index in [1.165, 1.54) is 44.9 Å². The molecule has 18 heavy (non-hydrogen) atoms. The molecule has 0 aromatic carbocycles. The molecule has 0 saturated heterocycles. The Hall–Kier alpha value is -1.12. The van der Waals surface area contributed by atoms with E-state index >= 15 is 0 Å². The molecule has 2 aliphatic carbocycles. The first-order valence-corrected chi connectivity index (χ1v) is 7.40. The number of rotatable bonds is 3. The van der Waals surface area contributed by atoms with Gasteiger partial charge in [0.05, 0.1) is 17.6 Å². The van der Waals surface area contributed by atoms with Crippen molar-refractivity contribution in [2.45, 2.75) is 63.7 Å². The quantitative estimate of drug-likeness (QED) is 0.884. The van der Waals surface area contributed by atoms with E-state index in [0.29, 0.717) is 11.8 Å². The van der Waals surface area contributed by atoms with Crippen molar-refractivity contribution in [3.63, 3.8) is 0 Å². The smallest absolute Gasteiger partial charge is 0.131 e. The van der Waals surface area contributed by atoms with Gasteiger partial charge in [0.1, 0.15) is 5.82 Å². The molecule has 1 heterocycles. The number of nitrogens with two attached hydrogens (primary N) is 1. The van der Waals surface area contributed by atoms with Gasteiger partial charge in [-0.15, -0.1) is 0 Å². The van der Waals surface area contributed by atoms with Gasteiger partial charge in [-0.3, -0.25) is 0 Å². The largest absolute Gasteiger partial charge is 0.396 e. The van der Waals surface area contributed by atoms with Crippen LogP contribution in [0.25, 0.3) is 0 Å². The lowest BCUT2D eigenvalue weighted by Gasteiger charge is -2.27. The normalized spacial score (nSPS) is 28.3. The fourth-order valence-electron chi connectivity index (χ4n) is 3.20. The third kappa shape index (κ3) is 2.36. The fourth-order valence-corrected chi connectivity index (χ4v) is 3.20. The standard InChI is InChI=1S/C15H23N3/c1-2-10-4-3-5-12(8-10)15-17-9-13(16)14(18-15)11-6-7-11/h9-12H,2-8,16H2,1H3. The maximum absolute atomic E-state index is 5.99. The SMILES string of the molecule is CCC1CCCC(c2ncc(N)c(C3CC3)n2)C1. The van der Waals surface area contributed by atoms with E-state index in [2.05, 4.69) is 11.9 Å². The Bertz CT molecular complexity index is 426. The van der Waals surface area contributed by atoms with Crippen molar-refractivity contribution in [3.8, 4) is 0 Å². The molecule has 1 aromatic rings. The highest BCUT2D eigenvalue weighted by Gasteiger charge is 2.30. The molecular weight excluding hydrogens is 222 g/mol. The van der Waals surface area contributed by atoms with Gasteiger partial charge < -0.3 is 5.73 Å². The molecule has 2 aliphatic rings. The van der Waals surface area contributed by atoms with Crippen molar-refractivity contribution < 1.29 is 0 Å². The van der Waals surface area contributed by atoms with Crippen LogP contribution in [0.1, 0.15) is 75.2 Å². The van der Waals surface area contributed by atoms with E-state index < -0.39 is 0 Å². The molecule has 0 amide bonds. The van der Waals surface area contributed by atoms with Crippen LogP contribution in [0.3, 0.4) is 0 Å². The molecule has 98 valence electrons. The van der Waals surface area contributed by atoms with E-state index in [4.69, 9.17) is 10.7 Å². The summed E-state index contributed by atoms with van der Waals surface area (Å²) < 4.78 is 0. The molecule has 0 aliphatic heterocycles. The highest BCUT2D eigenvalue weighted by Crippen LogP contribution is 2.42. The van der Waals surface area contributed by atoms with Crippen LogP contribution in [0, 0.1) is 5.92 Å². The van der Waals surface area contributed by atoms with Crippen molar-refractivity contribution in [2.75, 3.05) is 5.73 Å². The van der Waals surface area contributed by atoms with E-state index in [1.54, 1.807) is 0 Å². The molecule has 2 atom stereocenters. The minimum atomic E-state index is 0.571. The molecule has 3 rings (SSSR count). The minimum absolute atomic E-state index is 0.571. The number of hydrogen-bond donors (Lipinski definition) is 1. The molecule has 2 fully saturated rings. The second-order valence-electron chi connectivity index (χ2n) is 5.98. The van der Waals surface area contributed by atoms with Crippen molar-refractivity contribution in [1.29, 1.82) is 0 Å². The summed E-state index contributed by atoms with van der Waals surface area (Å²) in [6.45, 7) is 2.30. The number of anilines is 1. The van der Waals surface area contributed by atoms with Gasteiger partial charge in [-0.2, -0.15) is 0 Å². The molecule has 3 nitrogen and oxygen atoms in total. The fraction of sp³-hybridized carbons (Fsp3) is 0.733. The molecule has 1 aromatic heterocycles. The van der Waals surface area contributed by atoms with Crippen LogP contribution in [0.5, 0.6) is 0 Å². The Morgan fingerprint density at radius 3 is 2.78 bits per heavy atom. The van der Waals surface area contributed by atoms with E-state index in [9.17, 15) is 0 Å². The molecule has 0 bridgehead atoms. The maximum Gasteiger partial charge on any atom is 0.131 e. The number of hydrogen-bond acceptors (Lipinski definition) is 3.